The number of carboxylic acids is 1. The standard InChI is InChI=1S/C10H9N3O2/c14-10(15)9-8-7(12-13-9)4-3-6(11-8)5-1-2-5/h3-5H,1-2H2,(H,12,13)(H,14,15). The third-order valence-electron chi connectivity index (χ3n) is 2.63. The Bertz CT molecular complexity index is 543. The van der Waals surface area contributed by atoms with Crippen LogP contribution in [0.5, 0.6) is 0 Å². The molecule has 0 radical (unpaired) electrons. The largest absolute Gasteiger partial charge is 0.476 e. The molecule has 1 fully saturated rings. The maximum absolute atomic E-state index is 10.9. The first kappa shape index (κ1) is 8.40. The van der Waals surface area contributed by atoms with E-state index in [1.807, 2.05) is 12.1 Å². The number of pyridine rings is 1. The van der Waals surface area contributed by atoms with Crippen molar-refractivity contribution in [1.29, 1.82) is 0 Å². The lowest BCUT2D eigenvalue weighted by Gasteiger charge is -1.96. The average molecular weight is 203 g/mol. The first-order valence-corrected chi connectivity index (χ1v) is 4.84. The van der Waals surface area contributed by atoms with Crippen molar-refractivity contribution >= 4 is 17.0 Å². The van der Waals surface area contributed by atoms with Gasteiger partial charge in [-0.25, -0.2) is 9.78 Å². The summed E-state index contributed by atoms with van der Waals surface area (Å²) in [5, 5.41) is 15.3. The van der Waals surface area contributed by atoms with Gasteiger partial charge in [0.15, 0.2) is 5.69 Å². The van der Waals surface area contributed by atoms with E-state index >= 15 is 0 Å². The van der Waals surface area contributed by atoms with Gasteiger partial charge in [0.1, 0.15) is 5.52 Å². The maximum Gasteiger partial charge on any atom is 0.358 e. The van der Waals surface area contributed by atoms with Crippen LogP contribution in [0, 0.1) is 0 Å². The van der Waals surface area contributed by atoms with Crippen molar-refractivity contribution < 1.29 is 9.90 Å². The van der Waals surface area contributed by atoms with Crippen LogP contribution in [0.3, 0.4) is 0 Å². The van der Waals surface area contributed by atoms with E-state index in [-0.39, 0.29) is 5.69 Å². The molecular formula is C10H9N3O2. The van der Waals surface area contributed by atoms with Crippen LogP contribution in [0.25, 0.3) is 11.0 Å². The molecule has 76 valence electrons. The summed E-state index contributed by atoms with van der Waals surface area (Å²) < 4.78 is 0. The third-order valence-corrected chi connectivity index (χ3v) is 2.63. The van der Waals surface area contributed by atoms with Crippen LogP contribution in [0.2, 0.25) is 0 Å². The molecule has 1 saturated carbocycles. The summed E-state index contributed by atoms with van der Waals surface area (Å²) in [5.41, 5.74) is 2.13. The van der Waals surface area contributed by atoms with E-state index in [9.17, 15) is 4.79 Å². The van der Waals surface area contributed by atoms with E-state index in [4.69, 9.17) is 5.11 Å². The molecule has 3 rings (SSSR count). The summed E-state index contributed by atoms with van der Waals surface area (Å²) >= 11 is 0. The van der Waals surface area contributed by atoms with Gasteiger partial charge in [-0.05, 0) is 25.0 Å². The van der Waals surface area contributed by atoms with Gasteiger partial charge in [0, 0.05) is 11.6 Å². The fourth-order valence-electron chi connectivity index (χ4n) is 1.67. The number of hydrogen-bond acceptors (Lipinski definition) is 3. The Morgan fingerprint density at radius 1 is 1.47 bits per heavy atom. The van der Waals surface area contributed by atoms with Gasteiger partial charge in [-0.15, -0.1) is 0 Å². The summed E-state index contributed by atoms with van der Waals surface area (Å²) in [6.45, 7) is 0. The molecule has 2 aromatic rings. The van der Waals surface area contributed by atoms with Crippen molar-refractivity contribution in [1.82, 2.24) is 15.2 Å². The third kappa shape index (κ3) is 1.27. The smallest absolute Gasteiger partial charge is 0.358 e. The van der Waals surface area contributed by atoms with Gasteiger partial charge in [-0.1, -0.05) is 0 Å². The fraction of sp³-hybridized carbons (Fsp3) is 0.300. The molecule has 2 aromatic heterocycles. The maximum atomic E-state index is 10.9. The van der Waals surface area contributed by atoms with Gasteiger partial charge in [-0.3, -0.25) is 5.10 Å². The topological polar surface area (TPSA) is 78.9 Å². The molecule has 15 heavy (non-hydrogen) atoms. The van der Waals surface area contributed by atoms with Crippen LogP contribution < -0.4 is 0 Å². The second kappa shape index (κ2) is 2.79. The van der Waals surface area contributed by atoms with E-state index in [1.165, 1.54) is 0 Å². The summed E-state index contributed by atoms with van der Waals surface area (Å²) in [6.07, 6.45) is 2.30. The van der Waals surface area contributed by atoms with Crippen molar-refractivity contribution in [3.8, 4) is 0 Å². The molecule has 0 bridgehead atoms. The van der Waals surface area contributed by atoms with Crippen LogP contribution in [-0.4, -0.2) is 26.3 Å². The van der Waals surface area contributed by atoms with Crippen molar-refractivity contribution in [3.63, 3.8) is 0 Å². The molecule has 0 amide bonds. The number of nitrogens with zero attached hydrogens (tertiary/aromatic N) is 2. The van der Waals surface area contributed by atoms with E-state index in [1.54, 1.807) is 0 Å². The second-order valence-corrected chi connectivity index (χ2v) is 3.78. The second-order valence-electron chi connectivity index (χ2n) is 3.78. The molecule has 0 atom stereocenters. The number of hydrogen-bond donors (Lipinski definition) is 2. The molecule has 1 aliphatic carbocycles. The molecule has 0 spiro atoms. The number of aromatic amines is 1. The molecule has 0 aliphatic heterocycles. The zero-order valence-corrected chi connectivity index (χ0v) is 7.90. The Hall–Kier alpha value is -1.91. The summed E-state index contributed by atoms with van der Waals surface area (Å²) in [5.74, 6) is -0.521. The Morgan fingerprint density at radius 3 is 2.93 bits per heavy atom. The highest BCUT2D eigenvalue weighted by Gasteiger charge is 2.26. The van der Waals surface area contributed by atoms with Gasteiger partial charge in [0.05, 0.1) is 5.52 Å². The number of carbonyl (C=O) groups is 1. The van der Waals surface area contributed by atoms with E-state index in [2.05, 4.69) is 15.2 Å². The molecule has 0 aromatic carbocycles. The average Bonchev–Trinajstić information content (AvgIpc) is 2.97. The first-order chi connectivity index (χ1) is 7.25. The number of aromatic carboxylic acids is 1. The SMILES string of the molecule is O=C(O)c1n[nH]c2ccc(C3CC3)nc12. The predicted molar refractivity (Wildman–Crippen MR) is 52.8 cm³/mol. The van der Waals surface area contributed by atoms with Crippen molar-refractivity contribution in [3.05, 3.63) is 23.5 Å². The van der Waals surface area contributed by atoms with Gasteiger partial charge >= 0.3 is 5.97 Å². The quantitative estimate of drug-likeness (QED) is 0.775. The summed E-state index contributed by atoms with van der Waals surface area (Å²) in [6, 6.07) is 3.78. The van der Waals surface area contributed by atoms with Gasteiger partial charge in [-0.2, -0.15) is 5.10 Å². The van der Waals surface area contributed by atoms with Crippen LogP contribution in [0.15, 0.2) is 12.1 Å². The van der Waals surface area contributed by atoms with Crippen molar-refractivity contribution in [2.45, 2.75) is 18.8 Å². The van der Waals surface area contributed by atoms with E-state index in [0.717, 1.165) is 18.5 Å². The van der Waals surface area contributed by atoms with Crippen molar-refractivity contribution in [2.24, 2.45) is 0 Å². The van der Waals surface area contributed by atoms with E-state index in [0.29, 0.717) is 17.0 Å². The highest BCUT2D eigenvalue weighted by atomic mass is 16.4. The number of carboxylic acid groups (broad SMARTS) is 1. The highest BCUT2D eigenvalue weighted by Crippen LogP contribution is 2.39. The Kier molecular flexibility index (Phi) is 1.56. The predicted octanol–water partition coefficient (Wildman–Crippen LogP) is 1.53. The van der Waals surface area contributed by atoms with Gasteiger partial charge < -0.3 is 5.11 Å². The molecule has 0 unspecified atom stereocenters. The van der Waals surface area contributed by atoms with Gasteiger partial charge in [0.25, 0.3) is 0 Å². The van der Waals surface area contributed by atoms with Crippen LogP contribution in [-0.2, 0) is 0 Å². The van der Waals surface area contributed by atoms with Gasteiger partial charge in [0.2, 0.25) is 0 Å². The first-order valence-electron chi connectivity index (χ1n) is 4.84. The lowest BCUT2D eigenvalue weighted by Crippen LogP contribution is -1.98. The normalized spacial score (nSPS) is 15.7. The summed E-state index contributed by atoms with van der Waals surface area (Å²) in [4.78, 5) is 15.2. The molecular weight excluding hydrogens is 194 g/mol. The minimum Gasteiger partial charge on any atom is -0.476 e. The highest BCUT2D eigenvalue weighted by molar-refractivity contribution is 5.98. The minimum absolute atomic E-state index is 0.00694. The zero-order chi connectivity index (χ0) is 10.4. The molecule has 5 heteroatoms. The van der Waals surface area contributed by atoms with Crippen LogP contribution >= 0.6 is 0 Å². The number of H-pyrrole nitrogens is 1. The number of aromatic nitrogens is 3. The monoisotopic (exact) mass is 203 g/mol. The Balaban J connectivity index is 2.21. The zero-order valence-electron chi connectivity index (χ0n) is 7.90. The Labute approximate surface area is 85.1 Å². The number of rotatable bonds is 2. The van der Waals surface area contributed by atoms with Crippen LogP contribution in [0.4, 0.5) is 0 Å². The Morgan fingerprint density at radius 2 is 2.27 bits per heavy atom. The molecule has 1 aliphatic rings. The van der Waals surface area contributed by atoms with Crippen LogP contribution in [0.1, 0.15) is 34.9 Å². The molecule has 5 nitrogen and oxygen atoms in total. The molecule has 0 saturated heterocycles. The molecule has 2 heterocycles. The molecule has 2 N–H and O–H groups in total. The minimum atomic E-state index is -1.04. The lowest BCUT2D eigenvalue weighted by molar-refractivity contribution is 0.0692. The number of nitrogens with one attached hydrogen (secondary N) is 1. The lowest BCUT2D eigenvalue weighted by atomic mass is 10.2. The van der Waals surface area contributed by atoms with E-state index < -0.39 is 5.97 Å². The van der Waals surface area contributed by atoms with Crippen molar-refractivity contribution in [2.75, 3.05) is 0 Å². The number of fused-ring (bicyclic) bond motifs is 1. The fourth-order valence-corrected chi connectivity index (χ4v) is 1.67. The summed E-state index contributed by atoms with van der Waals surface area (Å²) in [7, 11) is 0.